The molecule has 4 N–H and O–H groups in total. The van der Waals surface area contributed by atoms with Crippen molar-refractivity contribution in [3.63, 3.8) is 0 Å². The summed E-state index contributed by atoms with van der Waals surface area (Å²) in [5, 5.41) is 17.8. The summed E-state index contributed by atoms with van der Waals surface area (Å²) in [4.78, 5) is 18.4. The number of nitrogens with zero attached hydrogens (tertiary/aromatic N) is 2. The molecule has 1 aliphatic rings. The van der Waals surface area contributed by atoms with Gasteiger partial charge < -0.3 is 35.3 Å². The van der Waals surface area contributed by atoms with E-state index in [-0.39, 0.29) is 48.6 Å². The minimum absolute atomic E-state index is 0.00629. The highest BCUT2D eigenvalue weighted by molar-refractivity contribution is 8.03. The van der Waals surface area contributed by atoms with Crippen LogP contribution in [0.2, 0.25) is 0 Å². The van der Waals surface area contributed by atoms with Gasteiger partial charge in [-0.05, 0) is 30.4 Å². The number of aliphatic hydroxyl groups is 1. The molecule has 0 radical (unpaired) electrons. The monoisotopic (exact) mass is 531 g/mol. The van der Waals surface area contributed by atoms with E-state index in [0.29, 0.717) is 25.3 Å². The van der Waals surface area contributed by atoms with Gasteiger partial charge in [0.1, 0.15) is 24.7 Å². The number of alkyl halides is 3. The van der Waals surface area contributed by atoms with Crippen molar-refractivity contribution >= 4 is 23.5 Å². The molecular weight excluding hydrogens is 503 g/mol. The minimum Gasteiger partial charge on any atom is -0.490 e. The number of hydrogen-bond acceptors (Lipinski definition) is 9. The van der Waals surface area contributed by atoms with Gasteiger partial charge in [0.25, 0.3) is 11.9 Å². The second kappa shape index (κ2) is 12.6. The Hall–Kier alpha value is -3.26. The normalized spacial score (nSPS) is 15.2. The molecule has 1 amide bonds. The third-order valence-corrected chi connectivity index (χ3v) is 5.84. The van der Waals surface area contributed by atoms with Crippen molar-refractivity contribution in [2.24, 2.45) is 0 Å². The molecule has 14 heteroatoms. The van der Waals surface area contributed by atoms with Crippen LogP contribution in [-0.2, 0) is 6.54 Å². The lowest BCUT2D eigenvalue weighted by Gasteiger charge is -2.17. The van der Waals surface area contributed by atoms with E-state index >= 15 is 0 Å². The molecule has 0 saturated carbocycles. The highest BCUT2D eigenvalue weighted by atomic mass is 32.2. The number of ether oxygens (including phenoxy) is 3. The number of aromatic nitrogens is 2. The van der Waals surface area contributed by atoms with Crippen molar-refractivity contribution in [1.29, 1.82) is 0 Å². The number of thioether (sulfide) groups is 1. The van der Waals surface area contributed by atoms with Gasteiger partial charge in [0.15, 0.2) is 11.5 Å². The van der Waals surface area contributed by atoms with Gasteiger partial charge in [-0.3, -0.25) is 9.36 Å². The zero-order valence-electron chi connectivity index (χ0n) is 19.7. The fraction of sp³-hybridized carbons (Fsp3) is 0.455. The Bertz CT molecular complexity index is 1060. The van der Waals surface area contributed by atoms with Crippen LogP contribution in [0.3, 0.4) is 0 Å². The maximum Gasteiger partial charge on any atom is 0.573 e. The number of carbonyl (C=O) groups is 1. The van der Waals surface area contributed by atoms with Gasteiger partial charge in [0.2, 0.25) is 0 Å². The van der Waals surface area contributed by atoms with Crippen molar-refractivity contribution < 1.29 is 37.3 Å². The third kappa shape index (κ3) is 7.88. The predicted octanol–water partition coefficient (Wildman–Crippen LogP) is 2.92. The summed E-state index contributed by atoms with van der Waals surface area (Å²) in [6.07, 6.45) is -2.50. The summed E-state index contributed by atoms with van der Waals surface area (Å²) in [5.74, 6) is -0.272. The molecule has 198 valence electrons. The number of nitrogens with one attached hydrogen (secondary N) is 3. The van der Waals surface area contributed by atoms with Crippen molar-refractivity contribution in [1.82, 2.24) is 20.2 Å². The molecule has 1 unspecified atom stereocenters. The first kappa shape index (κ1) is 27.3. The average molecular weight is 532 g/mol. The quantitative estimate of drug-likeness (QED) is 0.289. The van der Waals surface area contributed by atoms with Crippen molar-refractivity contribution in [3.05, 3.63) is 41.1 Å². The number of rotatable bonds is 13. The average Bonchev–Trinajstić information content (AvgIpc) is 3.39. The molecule has 2 heterocycles. The lowest BCUT2D eigenvalue weighted by Crippen LogP contribution is -2.31. The molecule has 0 spiro atoms. The fourth-order valence-corrected chi connectivity index (χ4v) is 4.24. The molecule has 1 atom stereocenters. The van der Waals surface area contributed by atoms with Gasteiger partial charge in [0.05, 0.1) is 11.9 Å². The highest BCUT2D eigenvalue weighted by Crippen LogP contribution is 2.30. The molecule has 1 aromatic carbocycles. The number of anilines is 1. The molecule has 10 nitrogen and oxygen atoms in total. The lowest BCUT2D eigenvalue weighted by atomic mass is 10.3. The first-order valence-corrected chi connectivity index (χ1v) is 12.0. The van der Waals surface area contributed by atoms with E-state index < -0.39 is 12.1 Å². The first-order valence-electron chi connectivity index (χ1n) is 11.1. The Morgan fingerprint density at radius 2 is 2.03 bits per heavy atom. The second-order valence-corrected chi connectivity index (χ2v) is 8.98. The molecule has 1 aromatic heterocycles. The van der Waals surface area contributed by atoms with Crippen LogP contribution in [0.4, 0.5) is 19.0 Å². The maximum absolute atomic E-state index is 12.9. The van der Waals surface area contributed by atoms with Crippen LogP contribution in [0.5, 0.6) is 17.5 Å². The Morgan fingerprint density at radius 1 is 1.28 bits per heavy atom. The summed E-state index contributed by atoms with van der Waals surface area (Å²) in [6, 6.07) is 5.35. The van der Waals surface area contributed by atoms with Crippen LogP contribution >= 0.6 is 11.8 Å². The van der Waals surface area contributed by atoms with Gasteiger partial charge in [-0.2, -0.15) is 4.98 Å². The summed E-state index contributed by atoms with van der Waals surface area (Å²) >= 11 is 1.60. The standard InChI is InChI=1S/C22H28F3N5O5S/c1-14-12-28-17(36-14)13-30-18(20(32)27-7-4-8-31)19(26-2)29-21(30)34-10-9-33-15-5-3-6-16(11-15)35-22(23,24)25/h3,5-6,11-12,17,26,28,31H,4,7-10,13H2,1-2H3,(H,27,32). The maximum atomic E-state index is 12.9. The van der Waals surface area contributed by atoms with Crippen LogP contribution < -0.4 is 30.2 Å². The van der Waals surface area contributed by atoms with Crippen LogP contribution in [0, 0.1) is 0 Å². The largest absolute Gasteiger partial charge is 0.573 e. The molecule has 0 saturated heterocycles. The number of aliphatic hydroxyl groups excluding tert-OH is 1. The number of allylic oxidation sites excluding steroid dienone is 1. The van der Waals surface area contributed by atoms with Crippen molar-refractivity contribution in [2.45, 2.75) is 31.6 Å². The first-order chi connectivity index (χ1) is 17.2. The van der Waals surface area contributed by atoms with Gasteiger partial charge in [-0.15, -0.1) is 24.9 Å². The molecule has 0 bridgehead atoms. The molecule has 1 aliphatic heterocycles. The SMILES string of the molecule is CNc1nc(OCCOc2cccc(OC(F)(F)F)c2)n(CC2NC=C(C)S2)c1C(=O)NCCCO. The van der Waals surface area contributed by atoms with Gasteiger partial charge in [0, 0.05) is 32.5 Å². The second-order valence-electron chi connectivity index (χ2n) is 7.53. The van der Waals surface area contributed by atoms with E-state index in [4.69, 9.17) is 14.6 Å². The van der Waals surface area contributed by atoms with Crippen LogP contribution in [-0.4, -0.2) is 65.7 Å². The topological polar surface area (TPSA) is 119 Å². The zero-order chi connectivity index (χ0) is 26.1. The lowest BCUT2D eigenvalue weighted by molar-refractivity contribution is -0.274. The molecule has 0 fully saturated rings. The van der Waals surface area contributed by atoms with E-state index in [0.717, 1.165) is 11.0 Å². The molecule has 3 rings (SSSR count). The number of benzene rings is 1. The number of imidazole rings is 1. The number of hydrogen-bond donors (Lipinski definition) is 4. The highest BCUT2D eigenvalue weighted by Gasteiger charge is 2.31. The van der Waals surface area contributed by atoms with E-state index in [2.05, 4.69) is 25.7 Å². The Balaban J connectivity index is 1.69. The Kier molecular flexibility index (Phi) is 9.58. The van der Waals surface area contributed by atoms with Gasteiger partial charge >= 0.3 is 6.36 Å². The molecule has 36 heavy (non-hydrogen) atoms. The number of amides is 1. The Morgan fingerprint density at radius 3 is 2.69 bits per heavy atom. The Labute approximate surface area is 210 Å². The number of carbonyl (C=O) groups excluding carboxylic acids is 1. The summed E-state index contributed by atoms with van der Waals surface area (Å²) in [6.45, 7) is 2.60. The minimum atomic E-state index is -4.80. The van der Waals surface area contributed by atoms with Crippen LogP contribution in [0.1, 0.15) is 23.8 Å². The zero-order valence-corrected chi connectivity index (χ0v) is 20.5. The smallest absolute Gasteiger partial charge is 0.490 e. The summed E-state index contributed by atoms with van der Waals surface area (Å²) in [7, 11) is 1.63. The third-order valence-electron chi connectivity index (χ3n) is 4.78. The summed E-state index contributed by atoms with van der Waals surface area (Å²) in [5.41, 5.74) is 0.273. The molecule has 0 aliphatic carbocycles. The molecule has 2 aromatic rings. The summed E-state index contributed by atoms with van der Waals surface area (Å²) < 4.78 is 54.1. The van der Waals surface area contributed by atoms with Crippen molar-refractivity contribution in [2.75, 3.05) is 38.7 Å². The van der Waals surface area contributed by atoms with E-state index in [1.807, 2.05) is 13.1 Å². The van der Waals surface area contributed by atoms with Crippen LogP contribution in [0.25, 0.3) is 0 Å². The van der Waals surface area contributed by atoms with Gasteiger partial charge in [-0.1, -0.05) is 6.07 Å². The fourth-order valence-electron chi connectivity index (χ4n) is 3.29. The predicted molar refractivity (Wildman–Crippen MR) is 128 cm³/mol. The number of halogens is 3. The van der Waals surface area contributed by atoms with Gasteiger partial charge in [-0.25, -0.2) is 0 Å². The van der Waals surface area contributed by atoms with E-state index in [1.165, 1.54) is 18.2 Å². The van der Waals surface area contributed by atoms with E-state index in [9.17, 15) is 18.0 Å². The molecular formula is C22H28F3N5O5S. The van der Waals surface area contributed by atoms with Crippen LogP contribution in [0.15, 0.2) is 35.4 Å². The van der Waals surface area contributed by atoms with Crippen molar-refractivity contribution in [3.8, 4) is 17.5 Å². The van der Waals surface area contributed by atoms with E-state index in [1.54, 1.807) is 23.4 Å².